The van der Waals surface area contributed by atoms with Crippen LogP contribution in [0.5, 0.6) is 17.2 Å². The molecule has 0 saturated heterocycles. The van der Waals surface area contributed by atoms with E-state index in [-0.39, 0.29) is 5.91 Å². The Hall–Kier alpha value is -1.95. The van der Waals surface area contributed by atoms with Crippen molar-refractivity contribution in [2.45, 2.75) is 0 Å². The van der Waals surface area contributed by atoms with Gasteiger partial charge in [-0.2, -0.15) is 0 Å². The molecule has 0 saturated carbocycles. The molecule has 0 heterocycles. The number of hydrogen-bond acceptors (Lipinski definition) is 5. The van der Waals surface area contributed by atoms with Crippen LogP contribution in [0.25, 0.3) is 0 Å². The third-order valence-corrected chi connectivity index (χ3v) is 2.53. The number of carbonyl (C=O) groups excluding carboxylic acids is 1. The van der Waals surface area contributed by atoms with Crippen molar-refractivity contribution in [2.75, 3.05) is 41.6 Å². The van der Waals surface area contributed by atoms with Crippen molar-refractivity contribution >= 4 is 5.91 Å². The predicted octanol–water partition coefficient (Wildman–Crippen LogP) is 1.09. The molecule has 0 aliphatic carbocycles. The fourth-order valence-corrected chi connectivity index (χ4v) is 1.58. The quantitative estimate of drug-likeness (QED) is 0.751. The second-order valence-electron chi connectivity index (χ2n) is 3.66. The standard InChI is InChI=1S/C13H19NO5/c1-16-6-5-14-13(15)12-10(18-3)7-9(17-2)8-11(12)19-4/h7-8H,5-6H2,1-4H3,(H,14,15). The molecule has 0 atom stereocenters. The van der Waals surface area contributed by atoms with Crippen LogP contribution < -0.4 is 19.5 Å². The second kappa shape index (κ2) is 7.48. The number of carbonyl (C=O) groups is 1. The summed E-state index contributed by atoms with van der Waals surface area (Å²) in [6, 6.07) is 3.27. The molecule has 0 aliphatic rings. The number of ether oxygens (including phenoxy) is 4. The minimum atomic E-state index is -0.284. The Labute approximate surface area is 112 Å². The van der Waals surface area contributed by atoms with E-state index in [4.69, 9.17) is 18.9 Å². The van der Waals surface area contributed by atoms with Crippen LogP contribution in [-0.2, 0) is 4.74 Å². The third-order valence-electron chi connectivity index (χ3n) is 2.53. The average Bonchev–Trinajstić information content (AvgIpc) is 2.45. The molecule has 106 valence electrons. The van der Waals surface area contributed by atoms with Gasteiger partial charge < -0.3 is 24.3 Å². The molecule has 1 rings (SSSR count). The van der Waals surface area contributed by atoms with E-state index in [1.807, 2.05) is 0 Å². The SMILES string of the molecule is COCCNC(=O)c1c(OC)cc(OC)cc1OC. The summed E-state index contributed by atoms with van der Waals surface area (Å²) < 4.78 is 20.4. The largest absolute Gasteiger partial charge is 0.496 e. The Bertz CT molecular complexity index is 408. The van der Waals surface area contributed by atoms with Crippen LogP contribution in [0.2, 0.25) is 0 Å². The molecule has 0 fully saturated rings. The highest BCUT2D eigenvalue weighted by Crippen LogP contribution is 2.33. The van der Waals surface area contributed by atoms with Gasteiger partial charge in [0.1, 0.15) is 22.8 Å². The number of amides is 1. The van der Waals surface area contributed by atoms with Gasteiger partial charge in [0.2, 0.25) is 0 Å². The smallest absolute Gasteiger partial charge is 0.258 e. The molecule has 0 aliphatic heterocycles. The molecule has 1 N–H and O–H groups in total. The van der Waals surface area contributed by atoms with Crippen LogP contribution in [-0.4, -0.2) is 47.5 Å². The summed E-state index contributed by atoms with van der Waals surface area (Å²) >= 11 is 0. The van der Waals surface area contributed by atoms with E-state index in [0.29, 0.717) is 36.0 Å². The molecule has 0 spiro atoms. The minimum absolute atomic E-state index is 0.284. The molecule has 0 unspecified atom stereocenters. The highest BCUT2D eigenvalue weighted by atomic mass is 16.5. The van der Waals surface area contributed by atoms with Gasteiger partial charge in [-0.1, -0.05) is 0 Å². The highest BCUT2D eigenvalue weighted by Gasteiger charge is 2.19. The van der Waals surface area contributed by atoms with Gasteiger partial charge in [-0.25, -0.2) is 0 Å². The summed E-state index contributed by atoms with van der Waals surface area (Å²) in [5.41, 5.74) is 0.335. The Kier molecular flexibility index (Phi) is 5.95. The summed E-state index contributed by atoms with van der Waals surface area (Å²) in [6.07, 6.45) is 0. The maximum atomic E-state index is 12.1. The lowest BCUT2D eigenvalue weighted by Gasteiger charge is -2.14. The first kappa shape index (κ1) is 15.1. The number of nitrogens with one attached hydrogen (secondary N) is 1. The summed E-state index contributed by atoms with van der Waals surface area (Å²) in [7, 11) is 6.08. The maximum Gasteiger partial charge on any atom is 0.258 e. The van der Waals surface area contributed by atoms with Crippen molar-refractivity contribution < 1.29 is 23.7 Å². The topological polar surface area (TPSA) is 66.0 Å². The molecule has 0 aromatic heterocycles. The van der Waals surface area contributed by atoms with Crippen LogP contribution in [0.1, 0.15) is 10.4 Å². The number of hydrogen-bond donors (Lipinski definition) is 1. The Morgan fingerprint density at radius 1 is 1.05 bits per heavy atom. The van der Waals surface area contributed by atoms with Crippen molar-refractivity contribution in [3.8, 4) is 17.2 Å². The number of rotatable bonds is 7. The van der Waals surface area contributed by atoms with Crippen LogP contribution in [0, 0.1) is 0 Å². The summed E-state index contributed by atoms with van der Waals surface area (Å²) in [6.45, 7) is 0.847. The monoisotopic (exact) mass is 269 g/mol. The normalized spacial score (nSPS) is 9.89. The van der Waals surface area contributed by atoms with Gasteiger partial charge in [-0.15, -0.1) is 0 Å². The van der Waals surface area contributed by atoms with Crippen LogP contribution in [0.15, 0.2) is 12.1 Å². The third kappa shape index (κ3) is 3.75. The van der Waals surface area contributed by atoms with Crippen LogP contribution >= 0.6 is 0 Å². The summed E-state index contributed by atoms with van der Waals surface area (Å²) in [4.78, 5) is 12.1. The van der Waals surface area contributed by atoms with Gasteiger partial charge in [0, 0.05) is 25.8 Å². The molecule has 6 heteroatoms. The zero-order valence-electron chi connectivity index (χ0n) is 11.6. The molecule has 19 heavy (non-hydrogen) atoms. The zero-order valence-corrected chi connectivity index (χ0v) is 11.6. The molecular weight excluding hydrogens is 250 g/mol. The lowest BCUT2D eigenvalue weighted by atomic mass is 10.1. The van der Waals surface area contributed by atoms with Crippen LogP contribution in [0.3, 0.4) is 0 Å². The van der Waals surface area contributed by atoms with E-state index in [1.54, 1.807) is 19.2 Å². The second-order valence-corrected chi connectivity index (χ2v) is 3.66. The van der Waals surface area contributed by atoms with E-state index in [1.165, 1.54) is 21.3 Å². The van der Waals surface area contributed by atoms with E-state index < -0.39 is 0 Å². The number of methoxy groups -OCH3 is 4. The first-order chi connectivity index (χ1) is 9.17. The average molecular weight is 269 g/mol. The summed E-state index contributed by atoms with van der Waals surface area (Å²) in [5.74, 6) is 1.06. The first-order valence-corrected chi connectivity index (χ1v) is 5.75. The van der Waals surface area contributed by atoms with Crippen molar-refractivity contribution in [3.63, 3.8) is 0 Å². The Morgan fingerprint density at radius 2 is 1.63 bits per heavy atom. The fraction of sp³-hybridized carbons (Fsp3) is 0.462. The van der Waals surface area contributed by atoms with E-state index >= 15 is 0 Å². The molecule has 0 bridgehead atoms. The lowest BCUT2D eigenvalue weighted by molar-refractivity contribution is 0.0931. The van der Waals surface area contributed by atoms with Gasteiger partial charge >= 0.3 is 0 Å². The predicted molar refractivity (Wildman–Crippen MR) is 70.3 cm³/mol. The fourth-order valence-electron chi connectivity index (χ4n) is 1.58. The van der Waals surface area contributed by atoms with Crippen molar-refractivity contribution in [1.82, 2.24) is 5.32 Å². The van der Waals surface area contributed by atoms with Crippen molar-refractivity contribution in [3.05, 3.63) is 17.7 Å². The number of benzene rings is 1. The van der Waals surface area contributed by atoms with Crippen LogP contribution in [0.4, 0.5) is 0 Å². The minimum Gasteiger partial charge on any atom is -0.496 e. The van der Waals surface area contributed by atoms with Crippen molar-refractivity contribution in [1.29, 1.82) is 0 Å². The van der Waals surface area contributed by atoms with Gasteiger partial charge in [0.05, 0.1) is 27.9 Å². The molecular formula is C13H19NO5. The maximum absolute atomic E-state index is 12.1. The molecule has 1 aromatic rings. The van der Waals surface area contributed by atoms with Gasteiger partial charge in [-0.05, 0) is 0 Å². The van der Waals surface area contributed by atoms with Gasteiger partial charge in [0.25, 0.3) is 5.91 Å². The molecule has 1 amide bonds. The van der Waals surface area contributed by atoms with E-state index in [2.05, 4.69) is 5.32 Å². The Morgan fingerprint density at radius 3 is 2.05 bits per heavy atom. The zero-order chi connectivity index (χ0) is 14.3. The molecule has 0 radical (unpaired) electrons. The lowest BCUT2D eigenvalue weighted by Crippen LogP contribution is -2.27. The van der Waals surface area contributed by atoms with Crippen molar-refractivity contribution in [2.24, 2.45) is 0 Å². The summed E-state index contributed by atoms with van der Waals surface area (Å²) in [5, 5.41) is 2.72. The Balaban J connectivity index is 3.05. The highest BCUT2D eigenvalue weighted by molar-refractivity contribution is 6.00. The van der Waals surface area contributed by atoms with E-state index in [9.17, 15) is 4.79 Å². The molecule has 6 nitrogen and oxygen atoms in total. The van der Waals surface area contributed by atoms with Gasteiger partial charge in [-0.3, -0.25) is 4.79 Å². The van der Waals surface area contributed by atoms with E-state index in [0.717, 1.165) is 0 Å². The first-order valence-electron chi connectivity index (χ1n) is 5.75. The van der Waals surface area contributed by atoms with Gasteiger partial charge in [0.15, 0.2) is 0 Å². The molecule has 1 aromatic carbocycles.